The molecule has 0 aliphatic heterocycles. The van der Waals surface area contributed by atoms with Crippen LogP contribution in [-0.2, 0) is 6.61 Å². The fourth-order valence-electron chi connectivity index (χ4n) is 1.26. The van der Waals surface area contributed by atoms with Gasteiger partial charge in [0, 0.05) is 10.8 Å². The first-order valence-electron chi connectivity index (χ1n) is 4.77. The summed E-state index contributed by atoms with van der Waals surface area (Å²) in [6.45, 7) is 0.569. The van der Waals surface area contributed by atoms with E-state index in [0.717, 1.165) is 21.5 Å². The molecule has 0 N–H and O–H groups in total. The van der Waals surface area contributed by atoms with E-state index < -0.39 is 0 Å². The highest BCUT2D eigenvalue weighted by molar-refractivity contribution is 9.10. The number of thiophene rings is 1. The van der Waals surface area contributed by atoms with Gasteiger partial charge in [-0.2, -0.15) is 0 Å². The van der Waals surface area contributed by atoms with E-state index in [1.54, 1.807) is 18.4 Å². The van der Waals surface area contributed by atoms with Gasteiger partial charge < -0.3 is 9.47 Å². The summed E-state index contributed by atoms with van der Waals surface area (Å²) in [5.74, 6) is 1.75. The number of methoxy groups -OCH3 is 1. The average molecular weight is 299 g/mol. The number of hydrogen-bond acceptors (Lipinski definition) is 3. The maximum absolute atomic E-state index is 5.66. The summed E-state index contributed by atoms with van der Waals surface area (Å²) < 4.78 is 11.8. The highest BCUT2D eigenvalue weighted by Gasteiger charge is 2.02. The Kier molecular flexibility index (Phi) is 3.85. The van der Waals surface area contributed by atoms with Crippen molar-refractivity contribution >= 4 is 27.3 Å². The lowest BCUT2D eigenvalue weighted by molar-refractivity contribution is 0.305. The second-order valence-corrected chi connectivity index (χ2v) is 4.82. The predicted octanol–water partition coefficient (Wildman–Crippen LogP) is 4.10. The van der Waals surface area contributed by atoms with Gasteiger partial charge in [-0.3, -0.25) is 0 Å². The van der Waals surface area contributed by atoms with E-state index in [2.05, 4.69) is 15.9 Å². The van der Waals surface area contributed by atoms with Crippen LogP contribution in [0.1, 0.15) is 5.56 Å². The SMILES string of the molecule is COc1ccc(COc2cscc2Br)cc1. The van der Waals surface area contributed by atoms with Crippen molar-refractivity contribution in [3.05, 3.63) is 45.1 Å². The molecular weight excluding hydrogens is 288 g/mol. The van der Waals surface area contributed by atoms with E-state index in [-0.39, 0.29) is 0 Å². The summed E-state index contributed by atoms with van der Waals surface area (Å²) in [4.78, 5) is 0. The first kappa shape index (κ1) is 11.5. The van der Waals surface area contributed by atoms with Gasteiger partial charge in [-0.25, -0.2) is 0 Å². The molecule has 0 atom stereocenters. The van der Waals surface area contributed by atoms with Gasteiger partial charge in [-0.1, -0.05) is 12.1 Å². The molecule has 1 aromatic carbocycles. The van der Waals surface area contributed by atoms with Crippen molar-refractivity contribution in [3.63, 3.8) is 0 Å². The Labute approximate surface area is 107 Å². The molecule has 0 fully saturated rings. The number of rotatable bonds is 4. The van der Waals surface area contributed by atoms with Crippen LogP contribution in [0.5, 0.6) is 11.5 Å². The van der Waals surface area contributed by atoms with Crippen molar-refractivity contribution in [3.8, 4) is 11.5 Å². The summed E-state index contributed by atoms with van der Waals surface area (Å²) in [6, 6.07) is 7.86. The largest absolute Gasteiger partial charge is 0.497 e. The van der Waals surface area contributed by atoms with Crippen LogP contribution in [0.15, 0.2) is 39.5 Å². The van der Waals surface area contributed by atoms with E-state index in [4.69, 9.17) is 9.47 Å². The highest BCUT2D eigenvalue weighted by Crippen LogP contribution is 2.29. The van der Waals surface area contributed by atoms with Gasteiger partial charge in [-0.05, 0) is 33.6 Å². The Morgan fingerprint density at radius 2 is 1.94 bits per heavy atom. The zero-order chi connectivity index (χ0) is 11.4. The van der Waals surface area contributed by atoms with Crippen molar-refractivity contribution in [2.24, 2.45) is 0 Å². The molecule has 0 amide bonds. The smallest absolute Gasteiger partial charge is 0.144 e. The average Bonchev–Trinajstić information content (AvgIpc) is 2.73. The summed E-state index contributed by atoms with van der Waals surface area (Å²) in [5.41, 5.74) is 1.12. The van der Waals surface area contributed by atoms with Crippen LogP contribution in [0.25, 0.3) is 0 Å². The van der Waals surface area contributed by atoms with E-state index in [0.29, 0.717) is 6.61 Å². The molecule has 0 unspecified atom stereocenters. The van der Waals surface area contributed by atoms with Crippen LogP contribution in [0.3, 0.4) is 0 Å². The Morgan fingerprint density at radius 3 is 2.50 bits per heavy atom. The molecule has 1 heterocycles. The third kappa shape index (κ3) is 2.77. The topological polar surface area (TPSA) is 18.5 Å². The van der Waals surface area contributed by atoms with Crippen LogP contribution < -0.4 is 9.47 Å². The Hall–Kier alpha value is -1.00. The van der Waals surface area contributed by atoms with Crippen molar-refractivity contribution in [2.45, 2.75) is 6.61 Å². The molecular formula is C12H11BrO2S. The zero-order valence-electron chi connectivity index (χ0n) is 8.77. The second kappa shape index (κ2) is 5.37. The fourth-order valence-corrected chi connectivity index (χ4v) is 2.58. The Balaban J connectivity index is 1.97. The van der Waals surface area contributed by atoms with E-state index >= 15 is 0 Å². The second-order valence-electron chi connectivity index (χ2n) is 3.22. The molecule has 2 rings (SSSR count). The molecule has 0 spiro atoms. The number of ether oxygens (including phenoxy) is 2. The van der Waals surface area contributed by atoms with Crippen LogP contribution in [0.2, 0.25) is 0 Å². The molecule has 16 heavy (non-hydrogen) atoms. The Morgan fingerprint density at radius 1 is 1.19 bits per heavy atom. The molecule has 0 radical (unpaired) electrons. The lowest BCUT2D eigenvalue weighted by Gasteiger charge is -2.05. The summed E-state index contributed by atoms with van der Waals surface area (Å²) in [6.07, 6.45) is 0. The minimum Gasteiger partial charge on any atom is -0.497 e. The highest BCUT2D eigenvalue weighted by atomic mass is 79.9. The van der Waals surface area contributed by atoms with Crippen molar-refractivity contribution < 1.29 is 9.47 Å². The first-order chi connectivity index (χ1) is 7.79. The van der Waals surface area contributed by atoms with Crippen LogP contribution in [0.4, 0.5) is 0 Å². The minimum absolute atomic E-state index is 0.569. The summed E-state index contributed by atoms with van der Waals surface area (Å²) >= 11 is 5.04. The van der Waals surface area contributed by atoms with Crippen LogP contribution in [0, 0.1) is 0 Å². The quantitative estimate of drug-likeness (QED) is 0.846. The lowest BCUT2D eigenvalue weighted by Crippen LogP contribution is -1.94. The molecule has 4 heteroatoms. The molecule has 0 saturated heterocycles. The van der Waals surface area contributed by atoms with Gasteiger partial charge in [0.05, 0.1) is 11.6 Å². The third-order valence-electron chi connectivity index (χ3n) is 2.14. The van der Waals surface area contributed by atoms with Crippen molar-refractivity contribution in [1.29, 1.82) is 0 Å². The third-order valence-corrected chi connectivity index (χ3v) is 3.78. The van der Waals surface area contributed by atoms with Gasteiger partial charge in [0.1, 0.15) is 18.1 Å². The summed E-state index contributed by atoms with van der Waals surface area (Å²) in [5, 5.41) is 3.98. The van der Waals surface area contributed by atoms with Crippen LogP contribution in [-0.4, -0.2) is 7.11 Å². The van der Waals surface area contributed by atoms with Gasteiger partial charge in [0.25, 0.3) is 0 Å². The standard InChI is InChI=1S/C12H11BrO2S/c1-14-10-4-2-9(3-5-10)6-15-12-8-16-7-11(12)13/h2-5,7-8H,6H2,1H3. The fraction of sp³-hybridized carbons (Fsp3) is 0.167. The molecule has 2 nitrogen and oxygen atoms in total. The van der Waals surface area contributed by atoms with Crippen LogP contribution >= 0.6 is 27.3 Å². The normalized spacial score (nSPS) is 10.1. The number of halogens is 1. The Bertz CT molecular complexity index is 450. The molecule has 1 aromatic heterocycles. The minimum atomic E-state index is 0.569. The maximum atomic E-state index is 5.66. The molecule has 2 aromatic rings. The molecule has 0 bridgehead atoms. The monoisotopic (exact) mass is 298 g/mol. The van der Waals surface area contributed by atoms with Gasteiger partial charge in [0.15, 0.2) is 0 Å². The summed E-state index contributed by atoms with van der Waals surface area (Å²) in [7, 11) is 1.66. The van der Waals surface area contributed by atoms with Gasteiger partial charge in [0.2, 0.25) is 0 Å². The zero-order valence-corrected chi connectivity index (χ0v) is 11.2. The van der Waals surface area contributed by atoms with Gasteiger partial charge >= 0.3 is 0 Å². The van der Waals surface area contributed by atoms with Gasteiger partial charge in [-0.15, -0.1) is 11.3 Å². The molecule has 0 aliphatic rings. The molecule has 0 saturated carbocycles. The van der Waals surface area contributed by atoms with Crippen molar-refractivity contribution in [2.75, 3.05) is 7.11 Å². The van der Waals surface area contributed by atoms with E-state index in [9.17, 15) is 0 Å². The predicted molar refractivity (Wildman–Crippen MR) is 69.3 cm³/mol. The lowest BCUT2D eigenvalue weighted by atomic mass is 10.2. The van der Waals surface area contributed by atoms with E-state index in [1.807, 2.05) is 35.0 Å². The van der Waals surface area contributed by atoms with Crippen molar-refractivity contribution in [1.82, 2.24) is 0 Å². The number of hydrogen-bond donors (Lipinski definition) is 0. The van der Waals surface area contributed by atoms with E-state index in [1.165, 1.54) is 0 Å². The number of benzene rings is 1. The maximum Gasteiger partial charge on any atom is 0.144 e. The first-order valence-corrected chi connectivity index (χ1v) is 6.50. The molecule has 84 valence electrons. The molecule has 0 aliphatic carbocycles.